The molecule has 1 amide bonds. The summed E-state index contributed by atoms with van der Waals surface area (Å²) >= 11 is 0. The van der Waals surface area contributed by atoms with Crippen molar-refractivity contribution in [2.75, 3.05) is 19.6 Å². The van der Waals surface area contributed by atoms with E-state index in [0.29, 0.717) is 25.0 Å². The third-order valence-electron chi connectivity index (χ3n) is 3.66. The lowest BCUT2D eigenvalue weighted by Crippen LogP contribution is -2.35. The van der Waals surface area contributed by atoms with Crippen LogP contribution in [0.25, 0.3) is 0 Å². The molecule has 19 heavy (non-hydrogen) atoms. The molecule has 2 rings (SSSR count). The van der Waals surface area contributed by atoms with Gasteiger partial charge in [0.25, 0.3) is 0 Å². The molecule has 0 aliphatic carbocycles. The highest BCUT2D eigenvalue weighted by Gasteiger charge is 2.30. The Kier molecular flexibility index (Phi) is 4.76. The first-order valence-corrected chi connectivity index (χ1v) is 6.64. The average Bonchev–Trinajstić information content (AvgIpc) is 2.80. The summed E-state index contributed by atoms with van der Waals surface area (Å²) < 4.78 is 0. The topological polar surface area (TPSA) is 78.6 Å². The smallest absolute Gasteiger partial charge is 0.404 e. The molecule has 2 atom stereocenters. The maximum atomic E-state index is 10.5. The molecular formula is C14H21N3O2. The van der Waals surface area contributed by atoms with Crippen LogP contribution in [0.15, 0.2) is 30.3 Å². The predicted octanol–water partition coefficient (Wildman–Crippen LogP) is 1.10. The van der Waals surface area contributed by atoms with Gasteiger partial charge in [-0.3, -0.25) is 4.90 Å². The highest BCUT2D eigenvalue weighted by Crippen LogP contribution is 2.24. The Balaban J connectivity index is 1.91. The Morgan fingerprint density at radius 1 is 1.42 bits per heavy atom. The fraction of sp³-hybridized carbons (Fsp3) is 0.500. The first-order valence-electron chi connectivity index (χ1n) is 6.64. The summed E-state index contributed by atoms with van der Waals surface area (Å²) in [6, 6.07) is 10.6. The molecule has 104 valence electrons. The molecule has 0 bridgehead atoms. The minimum Gasteiger partial charge on any atom is -0.465 e. The summed E-state index contributed by atoms with van der Waals surface area (Å²) in [5, 5.41) is 11.1. The van der Waals surface area contributed by atoms with Crippen LogP contribution >= 0.6 is 0 Å². The number of hydrogen-bond donors (Lipinski definition) is 3. The number of benzene rings is 1. The monoisotopic (exact) mass is 263 g/mol. The van der Waals surface area contributed by atoms with Crippen LogP contribution in [0.4, 0.5) is 4.79 Å². The second-order valence-corrected chi connectivity index (χ2v) is 5.09. The molecule has 0 saturated carbocycles. The van der Waals surface area contributed by atoms with Crippen molar-refractivity contribution in [1.29, 1.82) is 0 Å². The Hall–Kier alpha value is -1.59. The van der Waals surface area contributed by atoms with Gasteiger partial charge in [0.05, 0.1) is 0 Å². The van der Waals surface area contributed by atoms with Gasteiger partial charge in [-0.2, -0.15) is 0 Å². The van der Waals surface area contributed by atoms with E-state index in [9.17, 15) is 4.79 Å². The van der Waals surface area contributed by atoms with E-state index in [1.54, 1.807) is 0 Å². The van der Waals surface area contributed by atoms with Gasteiger partial charge in [0, 0.05) is 32.2 Å². The molecule has 1 fully saturated rings. The van der Waals surface area contributed by atoms with E-state index in [2.05, 4.69) is 22.3 Å². The molecule has 0 spiro atoms. The largest absolute Gasteiger partial charge is 0.465 e. The van der Waals surface area contributed by atoms with Gasteiger partial charge in [-0.05, 0) is 17.9 Å². The molecule has 1 saturated heterocycles. The van der Waals surface area contributed by atoms with Crippen molar-refractivity contribution in [2.24, 2.45) is 11.7 Å². The lowest BCUT2D eigenvalue weighted by molar-refractivity contribution is 0.192. The lowest BCUT2D eigenvalue weighted by atomic mass is 10.1. The first kappa shape index (κ1) is 13.8. The maximum Gasteiger partial charge on any atom is 0.404 e. The normalized spacial score (nSPS) is 23.4. The van der Waals surface area contributed by atoms with Crippen LogP contribution in [0.3, 0.4) is 0 Å². The molecule has 1 heterocycles. The molecule has 4 N–H and O–H groups in total. The number of amides is 1. The molecule has 1 aliphatic heterocycles. The molecule has 0 unspecified atom stereocenters. The number of hydrogen-bond acceptors (Lipinski definition) is 3. The molecular weight excluding hydrogens is 242 g/mol. The van der Waals surface area contributed by atoms with E-state index in [4.69, 9.17) is 10.8 Å². The lowest BCUT2D eigenvalue weighted by Gasteiger charge is -2.23. The number of carbonyl (C=O) groups is 1. The van der Waals surface area contributed by atoms with E-state index in [0.717, 1.165) is 19.5 Å². The van der Waals surface area contributed by atoms with Crippen molar-refractivity contribution >= 4 is 6.09 Å². The third-order valence-corrected chi connectivity index (χ3v) is 3.66. The minimum atomic E-state index is -0.953. The standard InChI is InChI=1S/C14H21N3O2/c15-7-13-6-12(8-16-14(18)19)10-17(13)9-11-4-2-1-3-5-11/h1-5,12-13,16H,6-10,15H2,(H,18,19)/t12-,13+/m1/s1. The Morgan fingerprint density at radius 3 is 2.79 bits per heavy atom. The quantitative estimate of drug-likeness (QED) is 0.743. The van der Waals surface area contributed by atoms with E-state index in [1.807, 2.05) is 18.2 Å². The van der Waals surface area contributed by atoms with Crippen LogP contribution in [-0.4, -0.2) is 41.8 Å². The van der Waals surface area contributed by atoms with Crippen LogP contribution in [-0.2, 0) is 6.54 Å². The molecule has 1 aliphatic rings. The number of nitrogens with zero attached hydrogens (tertiary/aromatic N) is 1. The van der Waals surface area contributed by atoms with Gasteiger partial charge < -0.3 is 16.2 Å². The summed E-state index contributed by atoms with van der Waals surface area (Å²) in [6.45, 7) is 2.91. The molecule has 1 aromatic rings. The number of likely N-dealkylation sites (tertiary alicyclic amines) is 1. The highest BCUT2D eigenvalue weighted by atomic mass is 16.4. The summed E-state index contributed by atoms with van der Waals surface area (Å²) in [5.74, 6) is 0.355. The van der Waals surface area contributed by atoms with Gasteiger partial charge in [-0.1, -0.05) is 30.3 Å². The van der Waals surface area contributed by atoms with Crippen molar-refractivity contribution in [1.82, 2.24) is 10.2 Å². The van der Waals surface area contributed by atoms with E-state index >= 15 is 0 Å². The fourth-order valence-corrected chi connectivity index (χ4v) is 2.73. The van der Waals surface area contributed by atoms with Crippen molar-refractivity contribution in [3.05, 3.63) is 35.9 Å². The van der Waals surface area contributed by atoms with Crippen molar-refractivity contribution < 1.29 is 9.90 Å². The van der Waals surface area contributed by atoms with Crippen molar-refractivity contribution in [3.8, 4) is 0 Å². The van der Waals surface area contributed by atoms with Gasteiger partial charge in [0.2, 0.25) is 0 Å². The molecule has 0 aromatic heterocycles. The van der Waals surface area contributed by atoms with Gasteiger partial charge >= 0.3 is 6.09 Å². The number of nitrogens with two attached hydrogens (primary N) is 1. The zero-order chi connectivity index (χ0) is 13.7. The number of nitrogens with one attached hydrogen (secondary N) is 1. The maximum absolute atomic E-state index is 10.5. The zero-order valence-corrected chi connectivity index (χ0v) is 11.0. The molecule has 1 aromatic carbocycles. The highest BCUT2D eigenvalue weighted by molar-refractivity contribution is 5.64. The summed E-state index contributed by atoms with van der Waals surface area (Å²) in [7, 11) is 0. The number of rotatable bonds is 5. The van der Waals surface area contributed by atoms with Crippen LogP contribution in [0.2, 0.25) is 0 Å². The molecule has 5 heteroatoms. The zero-order valence-electron chi connectivity index (χ0n) is 11.0. The van der Waals surface area contributed by atoms with Crippen LogP contribution in [0.5, 0.6) is 0 Å². The fourth-order valence-electron chi connectivity index (χ4n) is 2.73. The Labute approximate surface area is 113 Å². The minimum absolute atomic E-state index is 0.348. The second kappa shape index (κ2) is 6.54. The van der Waals surface area contributed by atoms with Gasteiger partial charge in [0.1, 0.15) is 0 Å². The van der Waals surface area contributed by atoms with Crippen molar-refractivity contribution in [2.45, 2.75) is 19.0 Å². The molecule has 5 nitrogen and oxygen atoms in total. The van der Waals surface area contributed by atoms with E-state index < -0.39 is 6.09 Å². The summed E-state index contributed by atoms with van der Waals surface area (Å²) in [6.07, 6.45) is 0.00896. The predicted molar refractivity (Wildman–Crippen MR) is 73.8 cm³/mol. The Morgan fingerprint density at radius 2 is 2.16 bits per heavy atom. The second-order valence-electron chi connectivity index (χ2n) is 5.09. The molecule has 0 radical (unpaired) electrons. The van der Waals surface area contributed by atoms with Crippen LogP contribution in [0.1, 0.15) is 12.0 Å². The van der Waals surface area contributed by atoms with Gasteiger partial charge in [0.15, 0.2) is 0 Å². The van der Waals surface area contributed by atoms with Crippen LogP contribution in [0, 0.1) is 5.92 Å². The summed E-state index contributed by atoms with van der Waals surface area (Å²) in [5.41, 5.74) is 7.09. The summed E-state index contributed by atoms with van der Waals surface area (Å²) in [4.78, 5) is 12.9. The van der Waals surface area contributed by atoms with E-state index in [1.165, 1.54) is 5.56 Å². The average molecular weight is 263 g/mol. The van der Waals surface area contributed by atoms with Gasteiger partial charge in [-0.15, -0.1) is 0 Å². The van der Waals surface area contributed by atoms with E-state index in [-0.39, 0.29) is 0 Å². The van der Waals surface area contributed by atoms with Crippen molar-refractivity contribution in [3.63, 3.8) is 0 Å². The third kappa shape index (κ3) is 3.94. The number of carboxylic acid groups (broad SMARTS) is 1. The first-order chi connectivity index (χ1) is 9.19. The van der Waals surface area contributed by atoms with Gasteiger partial charge in [-0.25, -0.2) is 4.79 Å². The Bertz CT molecular complexity index is 410. The van der Waals surface area contributed by atoms with Crippen LogP contribution < -0.4 is 11.1 Å². The SMILES string of the molecule is NC[C@@H]1C[C@H](CNC(=O)O)CN1Cc1ccccc1.